The van der Waals surface area contributed by atoms with E-state index in [0.29, 0.717) is 16.3 Å². The second-order valence-electron chi connectivity index (χ2n) is 2.87. The standard InChI is InChI=1S/C9H5BrF2N2O/c10-5-1-2-14-7(3-5)6(4-15)13-9(14)8(11)12/h1-4,8H. The van der Waals surface area contributed by atoms with Crippen LogP contribution >= 0.6 is 15.9 Å². The van der Waals surface area contributed by atoms with Crippen molar-refractivity contribution in [2.45, 2.75) is 6.43 Å². The SMILES string of the molecule is O=Cc1nc(C(F)F)n2ccc(Br)cc12. The van der Waals surface area contributed by atoms with Gasteiger partial charge in [-0.25, -0.2) is 13.8 Å². The molecule has 2 heterocycles. The molecule has 0 radical (unpaired) electrons. The van der Waals surface area contributed by atoms with Crippen molar-refractivity contribution in [2.24, 2.45) is 0 Å². The summed E-state index contributed by atoms with van der Waals surface area (Å²) in [6, 6.07) is 3.18. The summed E-state index contributed by atoms with van der Waals surface area (Å²) in [4.78, 5) is 14.2. The van der Waals surface area contributed by atoms with E-state index in [-0.39, 0.29) is 5.69 Å². The predicted molar refractivity (Wildman–Crippen MR) is 53.2 cm³/mol. The molecule has 0 atom stereocenters. The Morgan fingerprint density at radius 1 is 1.53 bits per heavy atom. The van der Waals surface area contributed by atoms with Gasteiger partial charge in [-0.1, -0.05) is 15.9 Å². The van der Waals surface area contributed by atoms with Gasteiger partial charge in [-0.15, -0.1) is 0 Å². The van der Waals surface area contributed by atoms with Crippen LogP contribution < -0.4 is 0 Å². The fourth-order valence-electron chi connectivity index (χ4n) is 1.35. The monoisotopic (exact) mass is 274 g/mol. The molecular weight excluding hydrogens is 270 g/mol. The lowest BCUT2D eigenvalue weighted by Gasteiger charge is -1.99. The number of aromatic nitrogens is 2. The molecule has 2 rings (SSSR count). The van der Waals surface area contributed by atoms with Gasteiger partial charge in [-0.2, -0.15) is 0 Å². The molecule has 15 heavy (non-hydrogen) atoms. The first kappa shape index (κ1) is 10.2. The van der Waals surface area contributed by atoms with Crippen molar-refractivity contribution >= 4 is 27.7 Å². The molecule has 3 nitrogen and oxygen atoms in total. The second kappa shape index (κ2) is 3.69. The first-order chi connectivity index (χ1) is 7.13. The van der Waals surface area contributed by atoms with E-state index in [1.807, 2.05) is 0 Å². The van der Waals surface area contributed by atoms with E-state index < -0.39 is 12.2 Å². The molecule has 2 aromatic heterocycles. The van der Waals surface area contributed by atoms with E-state index >= 15 is 0 Å². The lowest BCUT2D eigenvalue weighted by molar-refractivity contribution is 0.111. The minimum Gasteiger partial charge on any atom is -0.298 e. The van der Waals surface area contributed by atoms with E-state index in [9.17, 15) is 13.6 Å². The number of carbonyl (C=O) groups is 1. The van der Waals surface area contributed by atoms with E-state index in [1.165, 1.54) is 10.6 Å². The smallest absolute Gasteiger partial charge is 0.295 e. The Bertz CT molecular complexity index is 524. The number of fused-ring (bicyclic) bond motifs is 1. The molecule has 0 aliphatic heterocycles. The minimum absolute atomic E-state index is 0.0200. The van der Waals surface area contributed by atoms with Crippen LogP contribution in [0.4, 0.5) is 8.78 Å². The number of rotatable bonds is 2. The summed E-state index contributed by atoms with van der Waals surface area (Å²) in [6.07, 6.45) is -0.790. The highest BCUT2D eigenvalue weighted by atomic mass is 79.9. The summed E-state index contributed by atoms with van der Waals surface area (Å²) in [5.74, 6) is -0.417. The fraction of sp³-hybridized carbons (Fsp3) is 0.111. The zero-order valence-electron chi connectivity index (χ0n) is 7.32. The number of aldehydes is 1. The van der Waals surface area contributed by atoms with Crippen LogP contribution in [0.25, 0.3) is 5.52 Å². The van der Waals surface area contributed by atoms with Gasteiger partial charge >= 0.3 is 0 Å². The van der Waals surface area contributed by atoms with Crippen LogP contribution in [0.3, 0.4) is 0 Å². The highest BCUT2D eigenvalue weighted by Gasteiger charge is 2.17. The Kier molecular flexibility index (Phi) is 2.52. The maximum atomic E-state index is 12.5. The van der Waals surface area contributed by atoms with Crippen molar-refractivity contribution in [3.63, 3.8) is 0 Å². The van der Waals surface area contributed by atoms with Gasteiger partial charge in [0.15, 0.2) is 12.1 Å². The summed E-state index contributed by atoms with van der Waals surface area (Å²) in [5, 5.41) is 0. The largest absolute Gasteiger partial charge is 0.298 e. The molecule has 0 N–H and O–H groups in total. The van der Waals surface area contributed by atoms with Crippen LogP contribution in [0.1, 0.15) is 22.7 Å². The lowest BCUT2D eigenvalue weighted by atomic mass is 10.3. The Hall–Kier alpha value is -1.30. The maximum Gasteiger partial charge on any atom is 0.295 e. The van der Waals surface area contributed by atoms with Crippen molar-refractivity contribution in [3.05, 3.63) is 34.3 Å². The van der Waals surface area contributed by atoms with Gasteiger partial charge in [-0.3, -0.25) is 9.20 Å². The molecule has 0 saturated carbocycles. The van der Waals surface area contributed by atoms with Gasteiger partial charge in [-0.05, 0) is 12.1 Å². The molecule has 0 aliphatic rings. The van der Waals surface area contributed by atoms with E-state index in [1.54, 1.807) is 12.1 Å². The van der Waals surface area contributed by atoms with Gasteiger partial charge in [0.2, 0.25) is 0 Å². The Labute approximate surface area is 91.9 Å². The third-order valence-corrected chi connectivity index (χ3v) is 2.46. The number of alkyl halides is 2. The van der Waals surface area contributed by atoms with Crippen molar-refractivity contribution in [1.29, 1.82) is 0 Å². The van der Waals surface area contributed by atoms with Gasteiger partial charge in [0.25, 0.3) is 6.43 Å². The fourth-order valence-corrected chi connectivity index (χ4v) is 1.68. The zero-order valence-corrected chi connectivity index (χ0v) is 8.91. The molecule has 0 aromatic carbocycles. The van der Waals surface area contributed by atoms with Crippen LogP contribution in [-0.2, 0) is 0 Å². The molecule has 0 unspecified atom stereocenters. The van der Waals surface area contributed by atoms with E-state index in [0.717, 1.165) is 0 Å². The van der Waals surface area contributed by atoms with E-state index in [4.69, 9.17) is 0 Å². The van der Waals surface area contributed by atoms with E-state index in [2.05, 4.69) is 20.9 Å². The topological polar surface area (TPSA) is 34.4 Å². The van der Waals surface area contributed by atoms with Crippen LogP contribution in [0.5, 0.6) is 0 Å². The minimum atomic E-state index is -2.70. The Balaban J connectivity index is 2.80. The molecule has 0 bridgehead atoms. The number of halogens is 3. The van der Waals surface area contributed by atoms with Crippen molar-refractivity contribution in [2.75, 3.05) is 0 Å². The quantitative estimate of drug-likeness (QED) is 0.790. The third kappa shape index (κ3) is 1.65. The van der Waals surface area contributed by atoms with Crippen molar-refractivity contribution in [1.82, 2.24) is 9.38 Å². The van der Waals surface area contributed by atoms with Crippen LogP contribution in [0.15, 0.2) is 22.8 Å². The molecule has 0 fully saturated rings. The number of hydrogen-bond acceptors (Lipinski definition) is 2. The molecule has 0 amide bonds. The van der Waals surface area contributed by atoms with Crippen LogP contribution in [0, 0.1) is 0 Å². The highest BCUT2D eigenvalue weighted by Crippen LogP contribution is 2.23. The normalized spacial score (nSPS) is 11.2. The third-order valence-electron chi connectivity index (χ3n) is 1.97. The summed E-state index contributed by atoms with van der Waals surface area (Å²) in [7, 11) is 0. The Morgan fingerprint density at radius 3 is 2.87 bits per heavy atom. The molecule has 6 heteroatoms. The highest BCUT2D eigenvalue weighted by molar-refractivity contribution is 9.10. The van der Waals surface area contributed by atoms with Crippen LogP contribution in [0.2, 0.25) is 0 Å². The number of imidazole rings is 1. The molecule has 78 valence electrons. The Morgan fingerprint density at radius 2 is 2.27 bits per heavy atom. The molecule has 0 aliphatic carbocycles. The number of nitrogens with zero attached hydrogens (tertiary/aromatic N) is 2. The molecule has 0 spiro atoms. The van der Waals surface area contributed by atoms with Crippen LogP contribution in [-0.4, -0.2) is 15.7 Å². The average Bonchev–Trinajstić information content (AvgIpc) is 2.55. The number of pyridine rings is 1. The van der Waals surface area contributed by atoms with Gasteiger partial charge in [0.05, 0.1) is 5.52 Å². The summed E-state index contributed by atoms with van der Waals surface area (Å²) in [5.41, 5.74) is 0.390. The molecular formula is C9H5BrF2N2O. The summed E-state index contributed by atoms with van der Waals surface area (Å²) >= 11 is 3.20. The van der Waals surface area contributed by atoms with Gasteiger partial charge in [0, 0.05) is 10.7 Å². The zero-order chi connectivity index (χ0) is 11.0. The first-order valence-corrected chi connectivity index (χ1v) is 4.83. The number of hydrogen-bond donors (Lipinski definition) is 0. The number of carbonyl (C=O) groups excluding carboxylic acids is 1. The predicted octanol–water partition coefficient (Wildman–Crippen LogP) is 2.85. The molecule has 0 saturated heterocycles. The average molecular weight is 275 g/mol. The van der Waals surface area contributed by atoms with Gasteiger partial charge < -0.3 is 0 Å². The summed E-state index contributed by atoms with van der Waals surface area (Å²) in [6.45, 7) is 0. The lowest BCUT2D eigenvalue weighted by Crippen LogP contribution is -1.93. The maximum absolute atomic E-state index is 12.5. The van der Waals surface area contributed by atoms with Crippen molar-refractivity contribution in [3.8, 4) is 0 Å². The van der Waals surface area contributed by atoms with Crippen molar-refractivity contribution < 1.29 is 13.6 Å². The van der Waals surface area contributed by atoms with Gasteiger partial charge in [0.1, 0.15) is 5.69 Å². The first-order valence-electron chi connectivity index (χ1n) is 4.04. The summed E-state index contributed by atoms with van der Waals surface area (Å²) < 4.78 is 27.0. The molecule has 2 aromatic rings. The second-order valence-corrected chi connectivity index (χ2v) is 3.79.